The summed E-state index contributed by atoms with van der Waals surface area (Å²) in [5, 5.41) is 3.50. The fraction of sp³-hybridized carbons (Fsp3) is 0.200. The number of hydrogen-bond donors (Lipinski definition) is 1. The van der Waals surface area contributed by atoms with Crippen LogP contribution in [0.3, 0.4) is 0 Å². The highest BCUT2D eigenvalue weighted by atomic mass is 32.2. The minimum absolute atomic E-state index is 0.0354. The van der Waals surface area contributed by atoms with Crippen LogP contribution in [0.2, 0.25) is 0 Å². The number of aromatic nitrogens is 1. The van der Waals surface area contributed by atoms with Crippen LogP contribution in [0.5, 0.6) is 0 Å². The van der Waals surface area contributed by atoms with E-state index in [1.807, 2.05) is 60.7 Å². The zero-order valence-electron chi connectivity index (χ0n) is 13.6. The third-order valence-electron chi connectivity index (χ3n) is 3.96. The van der Waals surface area contributed by atoms with E-state index in [9.17, 15) is 4.79 Å². The van der Waals surface area contributed by atoms with Crippen LogP contribution >= 0.6 is 11.8 Å². The van der Waals surface area contributed by atoms with Gasteiger partial charge in [0.05, 0.1) is 5.75 Å². The van der Waals surface area contributed by atoms with Gasteiger partial charge in [0.25, 0.3) is 5.22 Å². The van der Waals surface area contributed by atoms with Crippen molar-refractivity contribution < 1.29 is 9.21 Å². The van der Waals surface area contributed by atoms with Gasteiger partial charge in [0.2, 0.25) is 5.91 Å². The summed E-state index contributed by atoms with van der Waals surface area (Å²) in [6, 6.07) is 20.3. The van der Waals surface area contributed by atoms with Crippen LogP contribution in [-0.4, -0.2) is 22.7 Å². The summed E-state index contributed by atoms with van der Waals surface area (Å²) in [5.41, 5.74) is 2.78. The van der Waals surface area contributed by atoms with Crippen LogP contribution in [0.1, 0.15) is 12.8 Å². The van der Waals surface area contributed by atoms with Gasteiger partial charge in [-0.15, -0.1) is 0 Å². The van der Waals surface area contributed by atoms with Gasteiger partial charge in [-0.3, -0.25) is 4.79 Å². The van der Waals surface area contributed by atoms with Crippen molar-refractivity contribution >= 4 is 17.7 Å². The van der Waals surface area contributed by atoms with Crippen molar-refractivity contribution in [2.24, 2.45) is 0 Å². The van der Waals surface area contributed by atoms with Gasteiger partial charge in [0.15, 0.2) is 5.76 Å². The number of carbonyl (C=O) groups is 1. The molecule has 1 amide bonds. The summed E-state index contributed by atoms with van der Waals surface area (Å²) < 4.78 is 6.00. The number of carbonyl (C=O) groups excluding carboxylic acids is 1. The lowest BCUT2D eigenvalue weighted by molar-refractivity contribution is -0.118. The minimum Gasteiger partial charge on any atom is -0.431 e. The third kappa shape index (κ3) is 3.94. The number of hydrogen-bond acceptors (Lipinski definition) is 4. The van der Waals surface area contributed by atoms with E-state index in [1.54, 1.807) is 0 Å². The lowest BCUT2D eigenvalue weighted by Crippen LogP contribution is -2.26. The van der Waals surface area contributed by atoms with E-state index in [2.05, 4.69) is 10.3 Å². The molecule has 4 nitrogen and oxygen atoms in total. The smallest absolute Gasteiger partial charge is 0.257 e. The van der Waals surface area contributed by atoms with Crippen LogP contribution in [0.4, 0.5) is 0 Å². The van der Waals surface area contributed by atoms with E-state index in [1.165, 1.54) is 11.8 Å². The number of oxazole rings is 1. The summed E-state index contributed by atoms with van der Waals surface area (Å²) in [5.74, 6) is 1.09. The maximum Gasteiger partial charge on any atom is 0.257 e. The molecule has 25 heavy (non-hydrogen) atoms. The molecule has 126 valence electrons. The van der Waals surface area contributed by atoms with Gasteiger partial charge < -0.3 is 9.73 Å². The molecule has 0 radical (unpaired) electrons. The fourth-order valence-electron chi connectivity index (χ4n) is 2.56. The van der Waals surface area contributed by atoms with Crippen molar-refractivity contribution in [3.8, 4) is 22.6 Å². The largest absolute Gasteiger partial charge is 0.431 e. The lowest BCUT2D eigenvalue weighted by atomic mass is 10.1. The standard InChI is InChI=1S/C20H18N2O2S/c23-17(21-16-11-12-16)13-25-20-22-18(14-7-3-1-4-8-14)19(24-20)15-9-5-2-6-10-15/h1-10,16H,11-13H2,(H,21,23). The van der Waals surface area contributed by atoms with E-state index in [0.717, 1.165) is 35.4 Å². The molecule has 1 N–H and O–H groups in total. The number of benzene rings is 2. The first-order valence-electron chi connectivity index (χ1n) is 8.33. The molecule has 1 saturated carbocycles. The molecule has 0 atom stereocenters. The second-order valence-electron chi connectivity index (χ2n) is 6.02. The molecule has 0 saturated heterocycles. The first kappa shape index (κ1) is 16.0. The quantitative estimate of drug-likeness (QED) is 0.670. The highest BCUT2D eigenvalue weighted by molar-refractivity contribution is 7.99. The molecule has 1 fully saturated rings. The molecule has 2 aromatic carbocycles. The van der Waals surface area contributed by atoms with E-state index in [-0.39, 0.29) is 5.91 Å². The fourth-order valence-corrected chi connectivity index (χ4v) is 3.20. The zero-order valence-corrected chi connectivity index (χ0v) is 14.5. The third-order valence-corrected chi connectivity index (χ3v) is 4.79. The number of thioether (sulfide) groups is 1. The van der Waals surface area contributed by atoms with Gasteiger partial charge in [0.1, 0.15) is 5.69 Å². The van der Waals surface area contributed by atoms with Crippen molar-refractivity contribution in [1.82, 2.24) is 10.3 Å². The molecular weight excluding hydrogens is 332 g/mol. The second kappa shape index (κ2) is 7.15. The maximum atomic E-state index is 11.9. The first-order valence-corrected chi connectivity index (χ1v) is 9.32. The van der Waals surface area contributed by atoms with Gasteiger partial charge in [0, 0.05) is 17.2 Å². The molecule has 0 unspecified atom stereocenters. The predicted octanol–water partition coefficient (Wildman–Crippen LogP) is 4.38. The normalized spacial score (nSPS) is 13.6. The Hall–Kier alpha value is -2.53. The van der Waals surface area contributed by atoms with E-state index >= 15 is 0 Å². The van der Waals surface area contributed by atoms with Crippen molar-refractivity contribution in [2.75, 3.05) is 5.75 Å². The molecule has 5 heteroatoms. The minimum atomic E-state index is 0.0354. The molecule has 1 aromatic heterocycles. The zero-order chi connectivity index (χ0) is 17.1. The number of rotatable bonds is 6. The van der Waals surface area contributed by atoms with Crippen molar-refractivity contribution in [3.05, 3.63) is 60.7 Å². The van der Waals surface area contributed by atoms with E-state index in [0.29, 0.717) is 17.0 Å². The molecule has 4 rings (SSSR count). The number of amides is 1. The molecule has 3 aromatic rings. The summed E-state index contributed by atoms with van der Waals surface area (Å²) in [6.45, 7) is 0. The van der Waals surface area contributed by atoms with Gasteiger partial charge >= 0.3 is 0 Å². The summed E-state index contributed by atoms with van der Waals surface area (Å²) in [6.07, 6.45) is 2.18. The van der Waals surface area contributed by atoms with Gasteiger partial charge in [-0.2, -0.15) is 0 Å². The Morgan fingerprint density at radius 1 is 1.04 bits per heavy atom. The maximum absolute atomic E-state index is 11.9. The Labute approximate surface area is 150 Å². The lowest BCUT2D eigenvalue weighted by Gasteiger charge is -2.01. The topological polar surface area (TPSA) is 55.1 Å². The summed E-state index contributed by atoms with van der Waals surface area (Å²) in [7, 11) is 0. The Morgan fingerprint density at radius 3 is 2.32 bits per heavy atom. The Balaban J connectivity index is 1.60. The molecule has 0 bridgehead atoms. The first-order chi connectivity index (χ1) is 12.3. The Morgan fingerprint density at radius 2 is 1.68 bits per heavy atom. The molecule has 1 heterocycles. The monoisotopic (exact) mass is 350 g/mol. The Kier molecular flexibility index (Phi) is 4.57. The van der Waals surface area contributed by atoms with E-state index < -0.39 is 0 Å². The van der Waals surface area contributed by atoms with Gasteiger partial charge in [-0.05, 0) is 12.8 Å². The van der Waals surface area contributed by atoms with Crippen LogP contribution < -0.4 is 5.32 Å². The number of nitrogens with zero attached hydrogens (tertiary/aromatic N) is 1. The van der Waals surface area contributed by atoms with Crippen LogP contribution in [-0.2, 0) is 4.79 Å². The van der Waals surface area contributed by atoms with Crippen LogP contribution in [0.15, 0.2) is 70.3 Å². The Bertz CT molecular complexity index is 801. The van der Waals surface area contributed by atoms with Crippen molar-refractivity contribution in [1.29, 1.82) is 0 Å². The molecule has 1 aliphatic rings. The summed E-state index contributed by atoms with van der Waals surface area (Å²) >= 11 is 1.33. The van der Waals surface area contributed by atoms with Gasteiger partial charge in [-0.25, -0.2) is 4.98 Å². The summed E-state index contributed by atoms with van der Waals surface area (Å²) in [4.78, 5) is 16.5. The molecule has 0 aliphatic heterocycles. The molecule has 1 aliphatic carbocycles. The average molecular weight is 350 g/mol. The SMILES string of the molecule is O=C(CSc1nc(-c2ccccc2)c(-c2ccccc2)o1)NC1CC1. The van der Waals surface area contributed by atoms with Crippen LogP contribution in [0.25, 0.3) is 22.6 Å². The van der Waals surface area contributed by atoms with Crippen LogP contribution in [0, 0.1) is 0 Å². The van der Waals surface area contributed by atoms with E-state index in [4.69, 9.17) is 4.42 Å². The highest BCUT2D eigenvalue weighted by Gasteiger charge is 2.24. The second-order valence-corrected chi connectivity index (χ2v) is 6.95. The van der Waals surface area contributed by atoms with Gasteiger partial charge in [-0.1, -0.05) is 72.4 Å². The highest BCUT2D eigenvalue weighted by Crippen LogP contribution is 2.35. The molecule has 0 spiro atoms. The predicted molar refractivity (Wildman–Crippen MR) is 99.3 cm³/mol. The number of nitrogens with one attached hydrogen (secondary N) is 1. The average Bonchev–Trinajstić information content (AvgIpc) is 3.36. The molecular formula is C20H18N2O2S. The van der Waals surface area contributed by atoms with Crippen molar-refractivity contribution in [2.45, 2.75) is 24.1 Å². The van der Waals surface area contributed by atoms with Crippen molar-refractivity contribution in [3.63, 3.8) is 0 Å².